The maximum absolute atomic E-state index is 10.8. The number of aliphatic hydroxyl groups is 4. The zero-order valence-corrected chi connectivity index (χ0v) is 8.99. The van der Waals surface area contributed by atoms with E-state index in [1.807, 2.05) is 0 Å². The van der Waals surface area contributed by atoms with E-state index in [1.54, 1.807) is 0 Å². The molecule has 0 spiro atoms. The first-order chi connectivity index (χ1) is 7.72. The van der Waals surface area contributed by atoms with Gasteiger partial charge in [0.2, 0.25) is 0 Å². The number of hydrogen-bond acceptors (Lipinski definition) is 9. The molecule has 4 unspecified atom stereocenters. The van der Waals surface area contributed by atoms with Crippen molar-refractivity contribution in [3.05, 3.63) is 0 Å². The van der Waals surface area contributed by atoms with Crippen LogP contribution >= 0.6 is 0 Å². The average Bonchev–Trinajstić information content (AvgIpc) is 2.34. The van der Waals surface area contributed by atoms with Gasteiger partial charge in [0.1, 0.15) is 0 Å². The van der Waals surface area contributed by atoms with Gasteiger partial charge in [0.15, 0.2) is 0 Å². The normalized spacial score (nSPS) is 36.2. The first-order valence-electron chi connectivity index (χ1n) is 4.18. The zero-order chi connectivity index (χ0) is 13.3. The fourth-order valence-electron chi connectivity index (χ4n) is 1.15. The summed E-state index contributed by atoms with van der Waals surface area (Å²) in [6.45, 7) is -0.821. The van der Waals surface area contributed by atoms with Crippen LogP contribution in [0.25, 0.3) is 0 Å². The molecule has 100 valence electrons. The van der Waals surface area contributed by atoms with Gasteiger partial charge in [-0.3, -0.25) is 4.55 Å². The number of hydrogen-bond donors (Lipinski definition) is 5. The topological polar surface area (TPSA) is 163 Å². The second kappa shape index (κ2) is 4.81. The van der Waals surface area contributed by atoms with Crippen molar-refractivity contribution < 1.29 is 47.6 Å². The molecular weight excluding hydrogens is 264 g/mol. The summed E-state index contributed by atoms with van der Waals surface area (Å²) >= 11 is -3.08. The number of aliphatic hydroxyl groups excluding tert-OH is 2. The van der Waals surface area contributed by atoms with Crippen molar-refractivity contribution >= 4 is 17.5 Å². The van der Waals surface area contributed by atoms with Crippen LogP contribution in [0, 0.1) is 0 Å². The lowest BCUT2D eigenvalue weighted by Gasteiger charge is -2.30. The molecule has 0 radical (unpaired) electrons. The Morgan fingerprint density at radius 3 is 2.47 bits per heavy atom. The van der Waals surface area contributed by atoms with Gasteiger partial charge < -0.3 is 29.9 Å². The highest BCUT2D eigenvalue weighted by molar-refractivity contribution is 7.74. The number of carbonyl (C=O) groups is 1. The van der Waals surface area contributed by atoms with E-state index in [1.165, 1.54) is 0 Å². The van der Waals surface area contributed by atoms with Gasteiger partial charge in [0, 0.05) is 0 Å². The summed E-state index contributed by atoms with van der Waals surface area (Å²) in [5.74, 6) is -6.19. The zero-order valence-electron chi connectivity index (χ0n) is 8.18. The number of carbonyl (C=O) groups excluding carboxylic acids is 1. The fourth-order valence-corrected chi connectivity index (χ4v) is 1.51. The molecule has 0 saturated carbocycles. The van der Waals surface area contributed by atoms with Gasteiger partial charge in [-0.1, -0.05) is 0 Å². The minimum absolute atomic E-state index is 0.821. The van der Waals surface area contributed by atoms with Crippen LogP contribution in [0.4, 0.5) is 4.79 Å². The summed E-state index contributed by atoms with van der Waals surface area (Å²) < 4.78 is 30.8. The summed E-state index contributed by atoms with van der Waals surface area (Å²) in [5.41, 5.74) is 0. The van der Waals surface area contributed by atoms with Gasteiger partial charge in [-0.2, -0.15) is 8.39 Å². The maximum Gasteiger partial charge on any atom is 0.515 e. The van der Waals surface area contributed by atoms with Crippen LogP contribution in [0.3, 0.4) is 0 Å². The van der Waals surface area contributed by atoms with Crippen LogP contribution in [0.2, 0.25) is 0 Å². The van der Waals surface area contributed by atoms with E-state index >= 15 is 0 Å². The number of rotatable bonds is 5. The van der Waals surface area contributed by atoms with Gasteiger partial charge in [0.05, 0.1) is 19.1 Å². The Hall–Kier alpha value is -0.820. The van der Waals surface area contributed by atoms with Crippen LogP contribution in [-0.2, 0) is 25.0 Å². The standard InChI is InChI=1S/C6H10O10S/c7-2-3(8)1-5(10)6(11,16-17(12)13)15-4(9)14-5/h3,7-8,10-11H,1-2H2,(H,12,13). The lowest BCUT2D eigenvalue weighted by Crippen LogP contribution is -2.55. The predicted octanol–water partition coefficient (Wildman–Crippen LogP) is -2.62. The highest BCUT2D eigenvalue weighted by atomic mass is 32.2. The first-order valence-corrected chi connectivity index (χ1v) is 5.21. The SMILES string of the molecule is O=C1OC(O)(CC(O)CO)C(O)(OS(=O)O)O1. The molecule has 0 aromatic carbocycles. The molecule has 1 aliphatic rings. The van der Waals surface area contributed by atoms with E-state index in [-0.39, 0.29) is 0 Å². The Balaban J connectivity index is 2.93. The second-order valence-electron chi connectivity index (χ2n) is 3.16. The van der Waals surface area contributed by atoms with E-state index in [2.05, 4.69) is 13.7 Å². The van der Waals surface area contributed by atoms with Crippen LogP contribution < -0.4 is 0 Å². The second-order valence-corrected chi connectivity index (χ2v) is 3.76. The van der Waals surface area contributed by atoms with E-state index in [4.69, 9.17) is 14.8 Å². The molecule has 1 fully saturated rings. The van der Waals surface area contributed by atoms with Crippen molar-refractivity contribution in [3.8, 4) is 0 Å². The van der Waals surface area contributed by atoms with E-state index < -0.39 is 48.4 Å². The molecule has 10 nitrogen and oxygen atoms in total. The maximum atomic E-state index is 10.8. The number of ether oxygens (including phenoxy) is 2. The van der Waals surface area contributed by atoms with Crippen molar-refractivity contribution in [2.45, 2.75) is 24.3 Å². The van der Waals surface area contributed by atoms with Gasteiger partial charge in [-0.25, -0.2) is 4.79 Å². The molecule has 0 bridgehead atoms. The van der Waals surface area contributed by atoms with Gasteiger partial charge in [-0.15, -0.1) is 0 Å². The minimum Gasteiger partial charge on any atom is -0.394 e. The largest absolute Gasteiger partial charge is 0.515 e. The first kappa shape index (κ1) is 14.2. The lowest BCUT2D eigenvalue weighted by molar-refractivity contribution is -0.384. The monoisotopic (exact) mass is 274 g/mol. The summed E-state index contributed by atoms with van der Waals surface area (Å²) in [7, 11) is 0. The van der Waals surface area contributed by atoms with Crippen LogP contribution in [0.1, 0.15) is 6.42 Å². The Morgan fingerprint density at radius 2 is 2.00 bits per heavy atom. The summed E-state index contributed by atoms with van der Waals surface area (Å²) in [5, 5.41) is 36.8. The third-order valence-electron chi connectivity index (χ3n) is 1.87. The van der Waals surface area contributed by atoms with E-state index in [9.17, 15) is 19.2 Å². The molecule has 0 aliphatic carbocycles. The Labute approximate surface area is 96.8 Å². The molecule has 17 heavy (non-hydrogen) atoms. The molecule has 1 saturated heterocycles. The molecule has 11 heteroatoms. The van der Waals surface area contributed by atoms with Crippen LogP contribution in [-0.4, -0.2) is 59.8 Å². The minimum atomic E-state index is -3.26. The van der Waals surface area contributed by atoms with Crippen molar-refractivity contribution in [3.63, 3.8) is 0 Å². The molecule has 1 rings (SSSR count). The Morgan fingerprint density at radius 1 is 1.41 bits per heavy atom. The fraction of sp³-hybridized carbons (Fsp3) is 0.833. The Bertz CT molecular complexity index is 333. The van der Waals surface area contributed by atoms with Gasteiger partial charge >= 0.3 is 29.3 Å². The Kier molecular flexibility index (Phi) is 4.03. The van der Waals surface area contributed by atoms with Crippen molar-refractivity contribution in [2.24, 2.45) is 0 Å². The van der Waals surface area contributed by atoms with Crippen molar-refractivity contribution in [1.29, 1.82) is 0 Å². The van der Waals surface area contributed by atoms with Gasteiger partial charge in [0.25, 0.3) is 0 Å². The average molecular weight is 274 g/mol. The van der Waals surface area contributed by atoms with Crippen LogP contribution in [0.15, 0.2) is 0 Å². The summed E-state index contributed by atoms with van der Waals surface area (Å²) in [6, 6.07) is 0. The highest BCUT2D eigenvalue weighted by Crippen LogP contribution is 2.38. The molecule has 5 N–H and O–H groups in total. The smallest absolute Gasteiger partial charge is 0.394 e. The van der Waals surface area contributed by atoms with Crippen molar-refractivity contribution in [2.75, 3.05) is 6.61 Å². The molecular formula is C6H10O10S. The van der Waals surface area contributed by atoms with Crippen LogP contribution in [0.5, 0.6) is 0 Å². The molecule has 0 aromatic heterocycles. The van der Waals surface area contributed by atoms with E-state index in [0.717, 1.165) is 0 Å². The third kappa shape index (κ3) is 2.90. The molecule has 0 aromatic rings. The molecule has 4 atom stereocenters. The van der Waals surface area contributed by atoms with E-state index in [0.29, 0.717) is 0 Å². The lowest BCUT2D eigenvalue weighted by atomic mass is 10.1. The summed E-state index contributed by atoms with van der Waals surface area (Å²) in [4.78, 5) is 10.8. The quantitative estimate of drug-likeness (QED) is 0.204. The number of cyclic esters (lactones) is 2. The third-order valence-corrected chi connectivity index (χ3v) is 2.24. The molecule has 0 amide bonds. The predicted molar refractivity (Wildman–Crippen MR) is 47.0 cm³/mol. The molecule has 1 heterocycles. The molecule has 1 aliphatic heterocycles. The van der Waals surface area contributed by atoms with Gasteiger partial charge in [-0.05, 0) is 0 Å². The van der Waals surface area contributed by atoms with Crippen molar-refractivity contribution in [1.82, 2.24) is 0 Å². The summed E-state index contributed by atoms with van der Waals surface area (Å²) in [6.07, 6.45) is -4.06. The highest BCUT2D eigenvalue weighted by Gasteiger charge is 2.66.